The van der Waals surface area contributed by atoms with Crippen LogP contribution in [0, 0.1) is 11.7 Å². The van der Waals surface area contributed by atoms with Crippen LogP contribution >= 0.6 is 0 Å². The maximum Gasteiger partial charge on any atom is 0.146 e. The van der Waals surface area contributed by atoms with Gasteiger partial charge in [0.25, 0.3) is 0 Å². The summed E-state index contributed by atoms with van der Waals surface area (Å²) >= 11 is 0. The van der Waals surface area contributed by atoms with Crippen molar-refractivity contribution in [1.29, 1.82) is 0 Å². The summed E-state index contributed by atoms with van der Waals surface area (Å²) in [5.41, 5.74) is 3.12. The molecular formula is C25H28FN3O. The molecule has 2 fully saturated rings. The van der Waals surface area contributed by atoms with E-state index in [2.05, 4.69) is 39.5 Å². The number of nitrogens with zero attached hydrogens (tertiary/aromatic N) is 2. The Bertz CT molecular complexity index is 997. The van der Waals surface area contributed by atoms with E-state index < -0.39 is 0 Å². The lowest BCUT2D eigenvalue weighted by molar-refractivity contribution is 0.181. The van der Waals surface area contributed by atoms with Crippen molar-refractivity contribution < 1.29 is 9.13 Å². The molecule has 0 bridgehead atoms. The average Bonchev–Trinajstić information content (AvgIpc) is 3.21. The third-order valence-corrected chi connectivity index (χ3v) is 6.56. The zero-order chi connectivity index (χ0) is 20.3. The Morgan fingerprint density at radius 3 is 2.67 bits per heavy atom. The highest BCUT2D eigenvalue weighted by Crippen LogP contribution is 2.27. The largest absolute Gasteiger partial charge is 0.379 e. The first-order valence-electron chi connectivity index (χ1n) is 10.9. The Hall–Kier alpha value is -2.50. The first-order chi connectivity index (χ1) is 14.8. The number of halogens is 1. The van der Waals surface area contributed by atoms with Gasteiger partial charge in [-0.3, -0.25) is 4.98 Å². The Labute approximate surface area is 177 Å². The number of ether oxygens (including phenoxy) is 1. The second-order valence-electron chi connectivity index (χ2n) is 8.47. The molecule has 5 heteroatoms. The fourth-order valence-corrected chi connectivity index (χ4v) is 4.90. The number of hydrogen-bond donors (Lipinski definition) is 1. The number of nitrogens with one attached hydrogen (secondary N) is 1. The third kappa shape index (κ3) is 4.05. The number of pyridine rings is 1. The van der Waals surface area contributed by atoms with Gasteiger partial charge in [-0.1, -0.05) is 30.3 Å². The molecule has 0 unspecified atom stereocenters. The van der Waals surface area contributed by atoms with E-state index in [1.165, 1.54) is 10.9 Å². The monoisotopic (exact) mass is 405 g/mol. The molecule has 2 aromatic carbocycles. The molecule has 2 saturated heterocycles. The molecule has 156 valence electrons. The van der Waals surface area contributed by atoms with Gasteiger partial charge in [-0.05, 0) is 49.1 Å². The minimum absolute atomic E-state index is 0.127. The van der Waals surface area contributed by atoms with Crippen LogP contribution in [0.5, 0.6) is 0 Å². The standard InChI is InChI=1S/C25H28FN3O/c26-22-6-2-4-8-25(22)29-13-10-20(11-14-29)28-24-17-30-16-19(24)15-18-9-12-27-23-7-3-1-5-21(18)23/h1-9,12,19-20,24,28H,10-11,13-17H2/t19-,24-/m1/s1. The van der Waals surface area contributed by atoms with Crippen molar-refractivity contribution in [2.75, 3.05) is 31.2 Å². The highest BCUT2D eigenvalue weighted by molar-refractivity contribution is 5.81. The molecule has 0 radical (unpaired) electrons. The zero-order valence-corrected chi connectivity index (χ0v) is 17.1. The van der Waals surface area contributed by atoms with E-state index in [4.69, 9.17) is 4.74 Å². The van der Waals surface area contributed by atoms with Gasteiger partial charge in [-0.25, -0.2) is 4.39 Å². The normalized spacial score (nSPS) is 22.6. The smallest absolute Gasteiger partial charge is 0.146 e. The molecule has 0 saturated carbocycles. The van der Waals surface area contributed by atoms with E-state index in [0.717, 1.165) is 56.8 Å². The third-order valence-electron chi connectivity index (χ3n) is 6.56. The lowest BCUT2D eigenvalue weighted by atomic mass is 9.92. The van der Waals surface area contributed by atoms with Crippen molar-refractivity contribution in [2.45, 2.75) is 31.3 Å². The average molecular weight is 406 g/mol. The Balaban J connectivity index is 1.21. The molecular weight excluding hydrogens is 377 g/mol. The van der Waals surface area contributed by atoms with Gasteiger partial charge in [0.1, 0.15) is 5.82 Å². The highest BCUT2D eigenvalue weighted by Gasteiger charge is 2.31. The minimum atomic E-state index is -0.127. The van der Waals surface area contributed by atoms with E-state index in [0.29, 0.717) is 18.0 Å². The van der Waals surface area contributed by atoms with Crippen molar-refractivity contribution in [3.8, 4) is 0 Å². The van der Waals surface area contributed by atoms with Gasteiger partial charge in [0.15, 0.2) is 0 Å². The van der Waals surface area contributed by atoms with Gasteiger partial charge in [-0.15, -0.1) is 0 Å². The molecule has 1 aromatic heterocycles. The van der Waals surface area contributed by atoms with Crippen molar-refractivity contribution in [1.82, 2.24) is 10.3 Å². The van der Waals surface area contributed by atoms with Gasteiger partial charge in [0, 0.05) is 42.7 Å². The maximum atomic E-state index is 14.1. The zero-order valence-electron chi connectivity index (χ0n) is 17.1. The van der Waals surface area contributed by atoms with Crippen molar-refractivity contribution in [3.63, 3.8) is 0 Å². The summed E-state index contributed by atoms with van der Waals surface area (Å²) in [5.74, 6) is 0.332. The molecule has 2 atom stereocenters. The van der Waals surface area contributed by atoms with Gasteiger partial charge in [0.05, 0.1) is 24.4 Å². The summed E-state index contributed by atoms with van der Waals surface area (Å²) in [5, 5.41) is 5.10. The first kappa shape index (κ1) is 19.5. The number of rotatable bonds is 5. The van der Waals surface area contributed by atoms with Gasteiger partial charge in [0.2, 0.25) is 0 Å². The molecule has 3 aromatic rings. The van der Waals surface area contributed by atoms with E-state index in [-0.39, 0.29) is 5.82 Å². The van der Waals surface area contributed by atoms with Crippen LogP contribution < -0.4 is 10.2 Å². The topological polar surface area (TPSA) is 37.4 Å². The number of para-hydroxylation sites is 2. The van der Waals surface area contributed by atoms with E-state index in [1.807, 2.05) is 24.4 Å². The fraction of sp³-hybridized carbons (Fsp3) is 0.400. The molecule has 2 aliphatic rings. The second-order valence-corrected chi connectivity index (χ2v) is 8.47. The molecule has 1 N–H and O–H groups in total. The van der Waals surface area contributed by atoms with Gasteiger partial charge in [-0.2, -0.15) is 0 Å². The molecule has 3 heterocycles. The van der Waals surface area contributed by atoms with Crippen molar-refractivity contribution in [3.05, 3.63) is 72.2 Å². The molecule has 30 heavy (non-hydrogen) atoms. The van der Waals surface area contributed by atoms with Crippen LogP contribution in [0.15, 0.2) is 60.8 Å². The summed E-state index contributed by atoms with van der Waals surface area (Å²) in [7, 11) is 0. The quantitative estimate of drug-likeness (QED) is 0.691. The highest BCUT2D eigenvalue weighted by atomic mass is 19.1. The molecule has 0 spiro atoms. The lowest BCUT2D eigenvalue weighted by Crippen LogP contribution is -2.49. The maximum absolute atomic E-state index is 14.1. The second kappa shape index (κ2) is 8.70. The first-order valence-corrected chi connectivity index (χ1v) is 10.9. The molecule has 0 aliphatic carbocycles. The number of piperidine rings is 1. The summed E-state index contributed by atoms with van der Waals surface area (Å²) in [6.07, 6.45) is 4.95. The van der Waals surface area contributed by atoms with Gasteiger partial charge < -0.3 is 15.0 Å². The summed E-state index contributed by atoms with van der Waals surface area (Å²) in [6, 6.07) is 18.4. The summed E-state index contributed by atoms with van der Waals surface area (Å²) < 4.78 is 20.0. The number of fused-ring (bicyclic) bond motifs is 1. The molecule has 4 nitrogen and oxygen atoms in total. The number of hydrogen-bond acceptors (Lipinski definition) is 4. The van der Waals surface area contributed by atoms with Gasteiger partial charge >= 0.3 is 0 Å². The Kier molecular flexibility index (Phi) is 5.65. The summed E-state index contributed by atoms with van der Waals surface area (Å²) in [6.45, 7) is 3.32. The van der Waals surface area contributed by atoms with E-state index >= 15 is 0 Å². The van der Waals surface area contributed by atoms with E-state index in [9.17, 15) is 4.39 Å². The van der Waals surface area contributed by atoms with Crippen LogP contribution in [0.2, 0.25) is 0 Å². The van der Waals surface area contributed by atoms with Crippen molar-refractivity contribution >= 4 is 16.6 Å². The SMILES string of the molecule is Fc1ccccc1N1CCC(N[C@@H]2COC[C@H]2Cc2ccnc3ccccc23)CC1. The molecule has 5 rings (SSSR count). The predicted octanol–water partition coefficient (Wildman–Crippen LogP) is 4.19. The van der Waals surface area contributed by atoms with Crippen LogP contribution in [0.25, 0.3) is 10.9 Å². The minimum Gasteiger partial charge on any atom is -0.379 e. The number of anilines is 1. The van der Waals surface area contributed by atoms with Crippen LogP contribution in [0.3, 0.4) is 0 Å². The predicted molar refractivity (Wildman–Crippen MR) is 118 cm³/mol. The van der Waals surface area contributed by atoms with E-state index in [1.54, 1.807) is 12.1 Å². The van der Waals surface area contributed by atoms with Crippen LogP contribution in [0.4, 0.5) is 10.1 Å². The lowest BCUT2D eigenvalue weighted by Gasteiger charge is -2.36. The molecule has 0 amide bonds. The number of benzene rings is 2. The fourth-order valence-electron chi connectivity index (χ4n) is 4.90. The van der Waals surface area contributed by atoms with Crippen LogP contribution in [-0.2, 0) is 11.2 Å². The van der Waals surface area contributed by atoms with Crippen molar-refractivity contribution in [2.24, 2.45) is 5.92 Å². The molecule has 2 aliphatic heterocycles. The van der Waals surface area contributed by atoms with Crippen LogP contribution in [0.1, 0.15) is 18.4 Å². The Morgan fingerprint density at radius 2 is 1.80 bits per heavy atom. The summed E-state index contributed by atoms with van der Waals surface area (Å²) in [4.78, 5) is 6.66. The Morgan fingerprint density at radius 1 is 1.00 bits per heavy atom. The van der Waals surface area contributed by atoms with Crippen LogP contribution in [-0.4, -0.2) is 43.4 Å². The number of aromatic nitrogens is 1.